The summed E-state index contributed by atoms with van der Waals surface area (Å²) < 4.78 is 41.9. The van der Waals surface area contributed by atoms with Gasteiger partial charge in [0.2, 0.25) is 5.43 Å². The molecule has 0 saturated heterocycles. The first-order valence-corrected chi connectivity index (χ1v) is 21.7. The number of hydrogen-bond donors (Lipinski definition) is 1. The Hall–Kier alpha value is -3.78. The van der Waals surface area contributed by atoms with Gasteiger partial charge in [0, 0.05) is 65.6 Å². The van der Waals surface area contributed by atoms with E-state index in [2.05, 4.69) is 0 Å². The molecule has 2 amide bonds. The number of aryl methyl sites for hydroxylation is 2. The molecule has 0 bridgehead atoms. The molecule has 4 aliphatic rings. The topological polar surface area (TPSA) is 181 Å². The number of methoxy groups -OCH3 is 2. The minimum atomic E-state index is -1.00. The number of carbonyl (C=O) groups excluding carboxylic acids is 4. The Labute approximate surface area is 425 Å². The third kappa shape index (κ3) is 9.29. The van der Waals surface area contributed by atoms with Crippen LogP contribution in [0.4, 0.5) is 8.78 Å². The number of Topliss-reactive ketones (excluding diaryl/α,β-unsaturated/α-hetero) is 2. The van der Waals surface area contributed by atoms with Gasteiger partial charge in [-0.15, -0.1) is 0 Å². The van der Waals surface area contributed by atoms with Crippen LogP contribution in [0.5, 0.6) is 11.5 Å². The quantitative estimate of drug-likeness (QED) is 0.164. The number of ether oxygens (including phenoxy) is 2. The van der Waals surface area contributed by atoms with Gasteiger partial charge in [-0.2, -0.15) is 0 Å². The molecule has 14 nitrogen and oxygen atoms in total. The van der Waals surface area contributed by atoms with E-state index in [-0.39, 0.29) is 133 Å². The number of fused-ring (bicyclic) bond motifs is 2. The number of carbonyl (C=O) groups is 4. The number of amides is 2. The van der Waals surface area contributed by atoms with Gasteiger partial charge in [-0.05, 0) is 81.4 Å². The second-order valence-electron chi connectivity index (χ2n) is 16.7. The molecule has 2 aliphatic carbocycles. The van der Waals surface area contributed by atoms with Crippen LogP contribution in [0, 0.1) is 11.6 Å². The van der Waals surface area contributed by atoms with Crippen molar-refractivity contribution in [2.45, 2.75) is 102 Å². The first kappa shape index (κ1) is 50.6. The Morgan fingerprint density at radius 3 is 1.54 bits per heavy atom. The van der Waals surface area contributed by atoms with Gasteiger partial charge >= 0.3 is 51.4 Å². The zero-order valence-corrected chi connectivity index (χ0v) is 41.3. The van der Waals surface area contributed by atoms with Crippen molar-refractivity contribution in [2.24, 2.45) is 0 Å². The summed E-state index contributed by atoms with van der Waals surface area (Å²) >= 11 is 11.6. The van der Waals surface area contributed by atoms with Gasteiger partial charge in [0.15, 0.2) is 28.4 Å². The molecule has 2 aliphatic heterocycles. The average molecular weight is 964 g/mol. The van der Waals surface area contributed by atoms with Crippen molar-refractivity contribution in [3.8, 4) is 11.5 Å². The van der Waals surface area contributed by atoms with Gasteiger partial charge in [-0.3, -0.25) is 28.8 Å². The number of pyridine rings is 2. The standard InChI is InChI=1S/2C23H24ClFN2O5.K/c2*1-3-27-22(31)19-21(30)20(29)15(11-26(19)12-23(27)9-14(10-23)32-2)17(28)8-7-13-5-4-6-16(24)18(13)25;/h2*4-6,11,14,30H,3,7-10,12H2,1-2H3;/q;;+1/p-1. The Bertz CT molecular complexity index is 2500. The minimum absolute atomic E-state index is 0. The predicted octanol–water partition coefficient (Wildman–Crippen LogP) is 2.74. The van der Waals surface area contributed by atoms with Crippen molar-refractivity contribution in [3.63, 3.8) is 0 Å². The van der Waals surface area contributed by atoms with E-state index in [1.165, 1.54) is 45.8 Å². The van der Waals surface area contributed by atoms with Crippen molar-refractivity contribution in [2.75, 3.05) is 27.3 Å². The van der Waals surface area contributed by atoms with Crippen LogP contribution in [-0.4, -0.2) is 98.0 Å². The fourth-order valence-corrected chi connectivity index (χ4v) is 10.1. The zero-order chi connectivity index (χ0) is 46.4. The van der Waals surface area contributed by atoms with Crippen LogP contribution in [0.3, 0.4) is 0 Å². The molecule has 2 fully saturated rings. The second kappa shape index (κ2) is 20.2. The van der Waals surface area contributed by atoms with Crippen molar-refractivity contribution >= 4 is 46.6 Å². The van der Waals surface area contributed by atoms with E-state index in [0.29, 0.717) is 51.9 Å². The van der Waals surface area contributed by atoms with E-state index in [4.69, 9.17) is 32.7 Å². The van der Waals surface area contributed by atoms with Gasteiger partial charge in [-0.1, -0.05) is 47.5 Å². The first-order chi connectivity index (χ1) is 30.4. The zero-order valence-electron chi connectivity index (χ0n) is 36.7. The monoisotopic (exact) mass is 962 g/mol. The number of hydrogen-bond acceptors (Lipinski definition) is 10. The summed E-state index contributed by atoms with van der Waals surface area (Å²) in [6, 6.07) is 9.01. The maximum absolute atomic E-state index is 14.1. The number of aromatic nitrogens is 2. The number of nitrogens with zero attached hydrogens (tertiary/aromatic N) is 4. The van der Waals surface area contributed by atoms with E-state index in [0.717, 1.165) is 0 Å². The maximum Gasteiger partial charge on any atom is 1.00 e. The Kier molecular flexibility index (Phi) is 15.7. The number of likely N-dealkylation sites (N-methyl/N-ethyl adjacent to an activating group) is 2. The van der Waals surface area contributed by atoms with Crippen LogP contribution < -0.4 is 67.3 Å². The molecule has 4 heterocycles. The third-order valence-electron chi connectivity index (χ3n) is 13.1. The fourth-order valence-electron chi connectivity index (χ4n) is 9.69. The molecule has 0 unspecified atom stereocenters. The molecule has 2 aromatic carbocycles. The normalized spacial score (nSPS) is 21.7. The van der Waals surface area contributed by atoms with Gasteiger partial charge in [0.1, 0.15) is 17.3 Å². The molecule has 340 valence electrons. The van der Waals surface area contributed by atoms with Crippen LogP contribution in [-0.2, 0) is 35.4 Å². The Morgan fingerprint density at radius 2 is 1.12 bits per heavy atom. The van der Waals surface area contributed by atoms with E-state index in [1.807, 2.05) is 13.8 Å². The maximum atomic E-state index is 14.1. The van der Waals surface area contributed by atoms with Gasteiger partial charge in [-0.25, -0.2) is 8.78 Å². The summed E-state index contributed by atoms with van der Waals surface area (Å²) in [6.45, 7) is 5.14. The van der Waals surface area contributed by atoms with Crippen molar-refractivity contribution in [1.82, 2.24) is 18.9 Å². The molecule has 0 atom stereocenters. The van der Waals surface area contributed by atoms with Crippen LogP contribution in [0.2, 0.25) is 10.0 Å². The van der Waals surface area contributed by atoms with E-state index in [1.54, 1.807) is 36.2 Å². The van der Waals surface area contributed by atoms with E-state index >= 15 is 0 Å². The summed E-state index contributed by atoms with van der Waals surface area (Å²) in [5.74, 6) is -4.99. The van der Waals surface area contributed by atoms with Crippen LogP contribution >= 0.6 is 23.2 Å². The van der Waals surface area contributed by atoms with Gasteiger partial charge < -0.3 is 38.6 Å². The largest absolute Gasteiger partial charge is 1.00 e. The number of benzene rings is 2. The van der Waals surface area contributed by atoms with Crippen LogP contribution in [0.1, 0.15) is 105 Å². The summed E-state index contributed by atoms with van der Waals surface area (Å²) in [5, 5.41) is 23.2. The number of rotatable bonds is 12. The summed E-state index contributed by atoms with van der Waals surface area (Å²) in [7, 11) is 3.23. The molecule has 65 heavy (non-hydrogen) atoms. The summed E-state index contributed by atoms with van der Waals surface area (Å²) in [4.78, 5) is 80.5. The van der Waals surface area contributed by atoms with Gasteiger partial charge in [0.05, 0.1) is 44.5 Å². The second-order valence-corrected chi connectivity index (χ2v) is 17.5. The fraction of sp³-hybridized carbons (Fsp3) is 0.435. The number of ketones is 2. The molecule has 19 heteroatoms. The van der Waals surface area contributed by atoms with E-state index in [9.17, 15) is 47.8 Å². The smallest absolute Gasteiger partial charge is 0.868 e. The third-order valence-corrected chi connectivity index (χ3v) is 13.7. The van der Waals surface area contributed by atoms with Crippen LogP contribution in [0.15, 0.2) is 58.4 Å². The van der Waals surface area contributed by atoms with Crippen LogP contribution in [0.25, 0.3) is 0 Å². The van der Waals surface area contributed by atoms with Crippen molar-refractivity contribution in [1.29, 1.82) is 0 Å². The molecule has 8 rings (SSSR count). The van der Waals surface area contributed by atoms with Crippen molar-refractivity contribution in [3.05, 3.63) is 125 Å². The molecular weight excluding hydrogens is 917 g/mol. The molecule has 2 aromatic heterocycles. The first-order valence-electron chi connectivity index (χ1n) is 21.0. The average Bonchev–Trinajstić information content (AvgIpc) is 3.24. The predicted molar refractivity (Wildman–Crippen MR) is 230 cm³/mol. The number of halogens is 4. The van der Waals surface area contributed by atoms with Gasteiger partial charge in [0.25, 0.3) is 11.8 Å². The Morgan fingerprint density at radius 1 is 0.723 bits per heavy atom. The minimum Gasteiger partial charge on any atom is -0.868 e. The summed E-state index contributed by atoms with van der Waals surface area (Å²) in [6.07, 6.45) is 4.95. The molecule has 0 radical (unpaired) electrons. The van der Waals surface area contributed by atoms with E-state index < -0.39 is 68.4 Å². The Balaban J connectivity index is 0.000000212. The molecule has 2 spiro atoms. The summed E-state index contributed by atoms with van der Waals surface area (Å²) in [5.41, 5.74) is -3.20. The van der Waals surface area contributed by atoms with Crippen molar-refractivity contribution < 1.29 is 99.0 Å². The number of aromatic hydroxyl groups is 1. The molecule has 4 aromatic rings. The molecular formula is C46H47Cl2F2KN4O10. The molecule has 1 N–H and O–H groups in total. The molecule has 2 saturated carbocycles. The SMILES string of the molecule is CCN1C(=O)c2c(O)c(=O)c(C(=O)CCc3cccc(Cl)c3F)cn2CC12CC(OC)C2.CCN1C(=O)c2c([O-])c(=O)c(C(=O)CCc3cccc(Cl)c3F)cn2CC12CC(OC)C2.[K+].